The van der Waals surface area contributed by atoms with Gasteiger partial charge in [0.15, 0.2) is 5.41 Å². The summed E-state index contributed by atoms with van der Waals surface area (Å²) in [5.41, 5.74) is 5.18. The fourth-order valence-corrected chi connectivity index (χ4v) is 3.42. The molecule has 0 radical (unpaired) electrons. The maximum absolute atomic E-state index is 13.2. The van der Waals surface area contributed by atoms with Gasteiger partial charge >= 0.3 is 5.97 Å². The number of amides is 1. The summed E-state index contributed by atoms with van der Waals surface area (Å²) >= 11 is 0. The third-order valence-corrected chi connectivity index (χ3v) is 4.41. The van der Waals surface area contributed by atoms with Crippen LogP contribution in [0.1, 0.15) is 12.5 Å². The standard InChI is InChI=1S/C17H15N3O4/c1-9-13(15(21)23-3)17(11(8-18)14(19)24-9)10-6-4-5-7-12(10)20(2)16(17)22/h4-7H,19H2,1-3H3. The molecule has 2 aliphatic heterocycles. The van der Waals surface area contributed by atoms with Crippen molar-refractivity contribution in [3.8, 4) is 6.07 Å². The average Bonchev–Trinajstić information content (AvgIpc) is 2.78. The Morgan fingerprint density at radius 1 is 1.42 bits per heavy atom. The van der Waals surface area contributed by atoms with Crippen molar-refractivity contribution in [2.45, 2.75) is 12.3 Å². The number of para-hydroxylation sites is 1. The highest BCUT2D eigenvalue weighted by Crippen LogP contribution is 2.53. The fourth-order valence-electron chi connectivity index (χ4n) is 3.42. The van der Waals surface area contributed by atoms with E-state index in [4.69, 9.17) is 15.2 Å². The number of likely N-dealkylation sites (N-methyl/N-ethyl adjacent to an activating group) is 1. The van der Waals surface area contributed by atoms with E-state index in [0.717, 1.165) is 0 Å². The number of ether oxygens (including phenoxy) is 2. The highest BCUT2D eigenvalue weighted by Gasteiger charge is 2.61. The lowest BCUT2D eigenvalue weighted by molar-refractivity contribution is -0.138. The molecular weight excluding hydrogens is 310 g/mol. The number of hydrogen-bond acceptors (Lipinski definition) is 6. The molecular formula is C17H15N3O4. The molecule has 1 aromatic rings. The molecule has 0 aliphatic carbocycles. The molecule has 2 N–H and O–H groups in total. The predicted molar refractivity (Wildman–Crippen MR) is 84.2 cm³/mol. The number of carbonyl (C=O) groups excluding carboxylic acids is 2. The van der Waals surface area contributed by atoms with E-state index in [9.17, 15) is 14.9 Å². The van der Waals surface area contributed by atoms with Crippen molar-refractivity contribution in [3.05, 3.63) is 52.6 Å². The van der Waals surface area contributed by atoms with Crippen LogP contribution in [0.25, 0.3) is 0 Å². The van der Waals surface area contributed by atoms with Gasteiger partial charge in [-0.2, -0.15) is 5.26 Å². The molecule has 2 heterocycles. The van der Waals surface area contributed by atoms with E-state index in [1.54, 1.807) is 31.3 Å². The largest absolute Gasteiger partial charge is 0.466 e. The van der Waals surface area contributed by atoms with Crippen molar-refractivity contribution < 1.29 is 19.1 Å². The van der Waals surface area contributed by atoms with Gasteiger partial charge in [-0.25, -0.2) is 4.79 Å². The molecule has 0 bridgehead atoms. The molecule has 24 heavy (non-hydrogen) atoms. The van der Waals surface area contributed by atoms with Crippen LogP contribution in [-0.2, 0) is 24.5 Å². The zero-order valence-electron chi connectivity index (χ0n) is 13.4. The zero-order chi connectivity index (χ0) is 17.6. The zero-order valence-corrected chi connectivity index (χ0v) is 13.4. The highest BCUT2D eigenvalue weighted by molar-refractivity contribution is 6.18. The molecule has 7 nitrogen and oxygen atoms in total. The summed E-state index contributed by atoms with van der Waals surface area (Å²) in [6.07, 6.45) is 0. The minimum absolute atomic E-state index is 0.0300. The van der Waals surface area contributed by atoms with Crippen molar-refractivity contribution in [2.24, 2.45) is 5.73 Å². The molecule has 0 saturated heterocycles. The number of allylic oxidation sites excluding steroid dienone is 1. The smallest absolute Gasteiger partial charge is 0.339 e. The van der Waals surface area contributed by atoms with Gasteiger partial charge in [-0.3, -0.25) is 4.79 Å². The monoisotopic (exact) mass is 325 g/mol. The van der Waals surface area contributed by atoms with Gasteiger partial charge in [0.25, 0.3) is 0 Å². The van der Waals surface area contributed by atoms with Crippen molar-refractivity contribution in [3.63, 3.8) is 0 Å². The van der Waals surface area contributed by atoms with Crippen molar-refractivity contribution >= 4 is 17.6 Å². The Labute approximate surface area is 138 Å². The van der Waals surface area contributed by atoms with Crippen molar-refractivity contribution in [1.82, 2.24) is 0 Å². The number of rotatable bonds is 1. The van der Waals surface area contributed by atoms with Crippen LogP contribution in [0.3, 0.4) is 0 Å². The first kappa shape index (κ1) is 15.6. The summed E-state index contributed by atoms with van der Waals surface area (Å²) in [6.45, 7) is 1.52. The van der Waals surface area contributed by atoms with E-state index < -0.39 is 17.3 Å². The Morgan fingerprint density at radius 3 is 2.71 bits per heavy atom. The number of nitrogens with zero attached hydrogens (tertiary/aromatic N) is 2. The molecule has 7 heteroatoms. The molecule has 0 saturated carbocycles. The number of nitriles is 1. The molecule has 1 amide bonds. The third kappa shape index (κ3) is 1.65. The lowest BCUT2D eigenvalue weighted by Gasteiger charge is -2.34. The molecule has 1 spiro atoms. The molecule has 3 rings (SSSR count). The quantitative estimate of drug-likeness (QED) is 0.774. The molecule has 0 fully saturated rings. The van der Waals surface area contributed by atoms with Crippen LogP contribution in [0.2, 0.25) is 0 Å². The van der Waals surface area contributed by atoms with Crippen LogP contribution >= 0.6 is 0 Å². The molecule has 1 unspecified atom stereocenters. The molecule has 1 aromatic carbocycles. The number of benzene rings is 1. The number of esters is 1. The van der Waals surface area contributed by atoms with E-state index in [2.05, 4.69) is 0 Å². The predicted octanol–water partition coefficient (Wildman–Crippen LogP) is 1.07. The number of carbonyl (C=O) groups is 2. The topological polar surface area (TPSA) is 106 Å². The number of fused-ring (bicyclic) bond motifs is 2. The Kier molecular flexibility index (Phi) is 3.34. The first-order valence-corrected chi connectivity index (χ1v) is 7.16. The number of nitrogens with two attached hydrogens (primary N) is 1. The molecule has 1 atom stereocenters. The Hall–Kier alpha value is -3.27. The summed E-state index contributed by atoms with van der Waals surface area (Å²) in [7, 11) is 2.79. The van der Waals surface area contributed by atoms with Crippen LogP contribution in [0.15, 0.2) is 47.1 Å². The van der Waals surface area contributed by atoms with Crippen LogP contribution in [0.5, 0.6) is 0 Å². The molecule has 0 aromatic heterocycles. The first-order chi connectivity index (χ1) is 11.4. The summed E-state index contributed by atoms with van der Waals surface area (Å²) in [6, 6.07) is 8.89. The second kappa shape index (κ2) is 5.13. The van der Waals surface area contributed by atoms with Gasteiger partial charge in [-0.15, -0.1) is 0 Å². The summed E-state index contributed by atoms with van der Waals surface area (Å²) in [4.78, 5) is 27.1. The second-order valence-corrected chi connectivity index (χ2v) is 5.51. The Balaban J connectivity index is 2.48. The normalized spacial score (nSPS) is 22.4. The van der Waals surface area contributed by atoms with Gasteiger partial charge in [0.05, 0.1) is 7.11 Å². The summed E-state index contributed by atoms with van der Waals surface area (Å²) in [5.74, 6) is -1.25. The Morgan fingerprint density at radius 2 is 2.08 bits per heavy atom. The maximum Gasteiger partial charge on any atom is 0.339 e. The first-order valence-electron chi connectivity index (χ1n) is 7.16. The van der Waals surface area contributed by atoms with E-state index in [0.29, 0.717) is 11.3 Å². The number of hydrogen-bond donors (Lipinski definition) is 1. The maximum atomic E-state index is 13.2. The van der Waals surface area contributed by atoms with Gasteiger partial charge < -0.3 is 20.1 Å². The van der Waals surface area contributed by atoms with E-state index in [1.165, 1.54) is 18.9 Å². The average molecular weight is 325 g/mol. The van der Waals surface area contributed by atoms with Gasteiger partial charge in [0.2, 0.25) is 11.8 Å². The van der Waals surface area contributed by atoms with Crippen LogP contribution < -0.4 is 10.6 Å². The fraction of sp³-hybridized carbons (Fsp3) is 0.235. The van der Waals surface area contributed by atoms with Crippen LogP contribution in [0.4, 0.5) is 5.69 Å². The molecule has 2 aliphatic rings. The third-order valence-electron chi connectivity index (χ3n) is 4.41. The van der Waals surface area contributed by atoms with Crippen molar-refractivity contribution in [2.75, 3.05) is 19.1 Å². The van der Waals surface area contributed by atoms with E-state index in [-0.39, 0.29) is 22.8 Å². The second-order valence-electron chi connectivity index (χ2n) is 5.51. The van der Waals surface area contributed by atoms with E-state index in [1.807, 2.05) is 6.07 Å². The lowest BCUT2D eigenvalue weighted by atomic mass is 9.68. The van der Waals surface area contributed by atoms with Gasteiger partial charge in [0, 0.05) is 18.3 Å². The number of anilines is 1. The van der Waals surface area contributed by atoms with Crippen LogP contribution in [0, 0.1) is 11.3 Å². The van der Waals surface area contributed by atoms with Crippen molar-refractivity contribution in [1.29, 1.82) is 5.26 Å². The SMILES string of the molecule is COC(=O)C1=C(C)OC(N)=C(C#N)C12C(=O)N(C)c1ccccc12. The Bertz CT molecular complexity index is 878. The summed E-state index contributed by atoms with van der Waals surface area (Å²) in [5, 5.41) is 9.66. The van der Waals surface area contributed by atoms with Gasteiger partial charge in [0.1, 0.15) is 23.0 Å². The van der Waals surface area contributed by atoms with Gasteiger partial charge in [-0.1, -0.05) is 18.2 Å². The molecule has 122 valence electrons. The van der Waals surface area contributed by atoms with Crippen LogP contribution in [-0.4, -0.2) is 26.0 Å². The minimum atomic E-state index is -1.65. The number of methoxy groups -OCH3 is 1. The lowest BCUT2D eigenvalue weighted by Crippen LogP contribution is -2.47. The summed E-state index contributed by atoms with van der Waals surface area (Å²) < 4.78 is 10.2. The minimum Gasteiger partial charge on any atom is -0.466 e. The highest BCUT2D eigenvalue weighted by atomic mass is 16.5. The van der Waals surface area contributed by atoms with E-state index >= 15 is 0 Å². The van der Waals surface area contributed by atoms with Gasteiger partial charge in [-0.05, 0) is 13.0 Å².